The van der Waals surface area contributed by atoms with Crippen molar-refractivity contribution in [1.29, 1.82) is 0 Å². The van der Waals surface area contributed by atoms with Gasteiger partial charge in [-0.1, -0.05) is 43.3 Å². The molecule has 0 saturated heterocycles. The zero-order chi connectivity index (χ0) is 11.9. The highest BCUT2D eigenvalue weighted by Gasteiger charge is 2.10. The Morgan fingerprint density at radius 3 is 2.47 bits per heavy atom. The van der Waals surface area contributed by atoms with Crippen LogP contribution >= 0.6 is 0 Å². The highest BCUT2D eigenvalue weighted by molar-refractivity contribution is 5.21. The van der Waals surface area contributed by atoms with Gasteiger partial charge < -0.3 is 5.32 Å². The van der Waals surface area contributed by atoms with Crippen LogP contribution in [0.2, 0.25) is 0 Å². The first-order chi connectivity index (χ1) is 8.40. The van der Waals surface area contributed by atoms with E-state index >= 15 is 0 Å². The monoisotopic (exact) mass is 226 g/mol. The van der Waals surface area contributed by atoms with Crippen LogP contribution in [-0.4, -0.2) is 11.5 Å². The SMILES string of the molecule is CCN[C@@H](Cc1ccccn1)c1ccccc1. The van der Waals surface area contributed by atoms with Gasteiger partial charge in [0.1, 0.15) is 0 Å². The van der Waals surface area contributed by atoms with Crippen molar-refractivity contribution in [2.24, 2.45) is 0 Å². The molecule has 88 valence electrons. The first kappa shape index (κ1) is 11.8. The minimum atomic E-state index is 0.344. The first-order valence-electron chi connectivity index (χ1n) is 6.08. The van der Waals surface area contributed by atoms with E-state index in [0.717, 1.165) is 18.7 Å². The molecule has 0 aliphatic heterocycles. The number of hydrogen-bond donors (Lipinski definition) is 1. The molecule has 0 amide bonds. The Morgan fingerprint density at radius 2 is 1.82 bits per heavy atom. The van der Waals surface area contributed by atoms with Crippen molar-refractivity contribution >= 4 is 0 Å². The summed E-state index contributed by atoms with van der Waals surface area (Å²) in [6, 6.07) is 16.9. The summed E-state index contributed by atoms with van der Waals surface area (Å²) in [7, 11) is 0. The van der Waals surface area contributed by atoms with Gasteiger partial charge >= 0.3 is 0 Å². The lowest BCUT2D eigenvalue weighted by atomic mass is 10.0. The Bertz CT molecular complexity index is 425. The first-order valence-corrected chi connectivity index (χ1v) is 6.08. The molecule has 1 heterocycles. The number of nitrogens with zero attached hydrogens (tertiary/aromatic N) is 1. The number of likely N-dealkylation sites (N-methyl/N-ethyl adjacent to an activating group) is 1. The van der Waals surface area contributed by atoms with E-state index in [4.69, 9.17) is 0 Å². The summed E-state index contributed by atoms with van der Waals surface area (Å²) >= 11 is 0. The Hall–Kier alpha value is -1.67. The van der Waals surface area contributed by atoms with Crippen molar-refractivity contribution < 1.29 is 0 Å². The summed E-state index contributed by atoms with van der Waals surface area (Å²) in [5.41, 5.74) is 2.45. The van der Waals surface area contributed by atoms with Gasteiger partial charge in [-0.05, 0) is 24.2 Å². The van der Waals surface area contributed by atoms with Crippen molar-refractivity contribution in [2.75, 3.05) is 6.54 Å². The number of hydrogen-bond acceptors (Lipinski definition) is 2. The van der Waals surface area contributed by atoms with Gasteiger partial charge in [-0.15, -0.1) is 0 Å². The second-order valence-electron chi connectivity index (χ2n) is 4.05. The summed E-state index contributed by atoms with van der Waals surface area (Å²) in [5.74, 6) is 0. The minimum absolute atomic E-state index is 0.344. The fourth-order valence-electron chi connectivity index (χ4n) is 1.97. The Morgan fingerprint density at radius 1 is 1.06 bits per heavy atom. The maximum atomic E-state index is 4.39. The second kappa shape index (κ2) is 6.16. The molecule has 2 aromatic rings. The molecule has 0 saturated carbocycles. The summed E-state index contributed by atoms with van der Waals surface area (Å²) in [6.07, 6.45) is 2.78. The van der Waals surface area contributed by atoms with Crippen LogP contribution in [0, 0.1) is 0 Å². The minimum Gasteiger partial charge on any atom is -0.310 e. The Labute approximate surface area is 103 Å². The molecule has 0 bridgehead atoms. The van der Waals surface area contributed by atoms with E-state index in [9.17, 15) is 0 Å². The molecule has 0 radical (unpaired) electrons. The summed E-state index contributed by atoms with van der Waals surface area (Å²) in [6.45, 7) is 3.10. The number of aromatic nitrogens is 1. The molecule has 1 N–H and O–H groups in total. The molecule has 2 nitrogen and oxygen atoms in total. The van der Waals surface area contributed by atoms with Crippen LogP contribution in [0.3, 0.4) is 0 Å². The van der Waals surface area contributed by atoms with Crippen molar-refractivity contribution in [3.63, 3.8) is 0 Å². The molecule has 0 aliphatic rings. The number of rotatable bonds is 5. The predicted octanol–water partition coefficient (Wildman–Crippen LogP) is 2.97. The number of nitrogens with one attached hydrogen (secondary N) is 1. The largest absolute Gasteiger partial charge is 0.310 e. The van der Waals surface area contributed by atoms with E-state index in [1.54, 1.807) is 0 Å². The summed E-state index contributed by atoms with van der Waals surface area (Å²) in [4.78, 5) is 4.39. The van der Waals surface area contributed by atoms with E-state index in [-0.39, 0.29) is 0 Å². The van der Waals surface area contributed by atoms with Gasteiger partial charge in [0, 0.05) is 24.4 Å². The second-order valence-corrected chi connectivity index (χ2v) is 4.05. The maximum absolute atomic E-state index is 4.39. The molecule has 0 fully saturated rings. The van der Waals surface area contributed by atoms with Crippen LogP contribution in [0.4, 0.5) is 0 Å². The lowest BCUT2D eigenvalue weighted by molar-refractivity contribution is 0.544. The van der Waals surface area contributed by atoms with Gasteiger partial charge in [0.05, 0.1) is 0 Å². The van der Waals surface area contributed by atoms with Crippen molar-refractivity contribution in [2.45, 2.75) is 19.4 Å². The molecule has 1 atom stereocenters. The predicted molar refractivity (Wildman–Crippen MR) is 70.8 cm³/mol. The van der Waals surface area contributed by atoms with Gasteiger partial charge in [0.25, 0.3) is 0 Å². The molecular formula is C15H18N2. The van der Waals surface area contributed by atoms with Crippen LogP contribution in [0.25, 0.3) is 0 Å². The molecular weight excluding hydrogens is 208 g/mol. The van der Waals surface area contributed by atoms with Gasteiger partial charge in [-0.25, -0.2) is 0 Å². The van der Waals surface area contributed by atoms with Crippen LogP contribution in [0.15, 0.2) is 54.7 Å². The average Bonchev–Trinajstić information content (AvgIpc) is 2.40. The molecule has 2 heteroatoms. The molecule has 17 heavy (non-hydrogen) atoms. The fraction of sp³-hybridized carbons (Fsp3) is 0.267. The van der Waals surface area contributed by atoms with Crippen molar-refractivity contribution in [3.8, 4) is 0 Å². The highest BCUT2D eigenvalue weighted by Crippen LogP contribution is 2.16. The zero-order valence-corrected chi connectivity index (χ0v) is 10.1. The third kappa shape index (κ3) is 3.40. The summed E-state index contributed by atoms with van der Waals surface area (Å²) in [5, 5.41) is 3.51. The van der Waals surface area contributed by atoms with Crippen molar-refractivity contribution in [1.82, 2.24) is 10.3 Å². The molecule has 0 unspecified atom stereocenters. The molecule has 2 rings (SSSR count). The van der Waals surface area contributed by atoms with Gasteiger partial charge in [0.15, 0.2) is 0 Å². The lowest BCUT2D eigenvalue weighted by Gasteiger charge is -2.17. The van der Waals surface area contributed by atoms with Crippen LogP contribution in [0.1, 0.15) is 24.2 Å². The van der Waals surface area contributed by atoms with Crippen LogP contribution in [-0.2, 0) is 6.42 Å². The lowest BCUT2D eigenvalue weighted by Crippen LogP contribution is -2.23. The Balaban J connectivity index is 2.13. The van der Waals surface area contributed by atoms with Gasteiger partial charge in [0.2, 0.25) is 0 Å². The fourth-order valence-corrected chi connectivity index (χ4v) is 1.97. The van der Waals surface area contributed by atoms with Crippen LogP contribution < -0.4 is 5.32 Å². The third-order valence-corrected chi connectivity index (χ3v) is 2.79. The zero-order valence-electron chi connectivity index (χ0n) is 10.1. The normalized spacial score (nSPS) is 12.3. The van der Waals surface area contributed by atoms with E-state index < -0.39 is 0 Å². The molecule has 1 aromatic carbocycles. The van der Waals surface area contributed by atoms with Gasteiger partial charge in [-0.3, -0.25) is 4.98 Å². The highest BCUT2D eigenvalue weighted by atomic mass is 14.9. The summed E-state index contributed by atoms with van der Waals surface area (Å²) < 4.78 is 0. The number of pyridine rings is 1. The smallest absolute Gasteiger partial charge is 0.0422 e. The molecule has 0 aliphatic carbocycles. The maximum Gasteiger partial charge on any atom is 0.0422 e. The van der Waals surface area contributed by atoms with E-state index in [1.807, 2.05) is 24.4 Å². The van der Waals surface area contributed by atoms with Crippen LogP contribution in [0.5, 0.6) is 0 Å². The van der Waals surface area contributed by atoms with Gasteiger partial charge in [-0.2, -0.15) is 0 Å². The topological polar surface area (TPSA) is 24.9 Å². The quantitative estimate of drug-likeness (QED) is 0.847. The van der Waals surface area contributed by atoms with E-state index in [1.165, 1.54) is 5.56 Å². The Kier molecular flexibility index (Phi) is 4.28. The van der Waals surface area contributed by atoms with E-state index in [0.29, 0.717) is 6.04 Å². The average molecular weight is 226 g/mol. The van der Waals surface area contributed by atoms with Crippen molar-refractivity contribution in [3.05, 3.63) is 66.0 Å². The third-order valence-electron chi connectivity index (χ3n) is 2.79. The standard InChI is InChI=1S/C15H18N2/c1-2-16-15(13-8-4-3-5-9-13)12-14-10-6-7-11-17-14/h3-11,15-16H,2,12H2,1H3/t15-/m0/s1. The van der Waals surface area contributed by atoms with E-state index in [2.05, 4.69) is 47.6 Å². The molecule has 1 aromatic heterocycles. The molecule has 0 spiro atoms. The number of benzene rings is 1.